The van der Waals surface area contributed by atoms with Crippen molar-refractivity contribution in [1.82, 2.24) is 0 Å². The van der Waals surface area contributed by atoms with Gasteiger partial charge >= 0.3 is 11.9 Å². The van der Waals surface area contributed by atoms with E-state index in [0.29, 0.717) is 6.42 Å². The van der Waals surface area contributed by atoms with Crippen LogP contribution >= 0.6 is 0 Å². The molecule has 1 saturated carbocycles. The van der Waals surface area contributed by atoms with Crippen molar-refractivity contribution in [2.45, 2.75) is 53.2 Å². The molecule has 0 aromatic heterocycles. The molecule has 3 atom stereocenters. The number of hydrogen-bond donors (Lipinski definition) is 0. The van der Waals surface area contributed by atoms with Crippen LogP contribution in [-0.4, -0.2) is 24.1 Å². The average Bonchev–Trinajstić information content (AvgIpc) is 3.04. The average molecular weight is 354 g/mol. The van der Waals surface area contributed by atoms with Crippen molar-refractivity contribution in [3.05, 3.63) is 23.8 Å². The lowest BCUT2D eigenvalue weighted by Gasteiger charge is -2.11. The molecule has 6 heteroatoms. The van der Waals surface area contributed by atoms with E-state index in [-0.39, 0.29) is 0 Å². The highest BCUT2D eigenvalue weighted by molar-refractivity contribution is 5.87. The predicted octanol–water partition coefficient (Wildman–Crippen LogP) is 3.87. The molecule has 25 heavy (non-hydrogen) atoms. The largest absolute Gasteiger partial charge is 0.458 e. The first kappa shape index (κ1) is 20.9. The van der Waals surface area contributed by atoms with Crippen LogP contribution in [0.4, 0.5) is 8.78 Å². The zero-order valence-electron chi connectivity index (χ0n) is 15.1. The maximum atomic E-state index is 13.9. The second-order valence-electron chi connectivity index (χ2n) is 6.77. The van der Waals surface area contributed by atoms with Crippen LogP contribution in [0, 0.1) is 29.6 Å². The van der Waals surface area contributed by atoms with Crippen LogP contribution in [0.3, 0.4) is 0 Å². The van der Waals surface area contributed by atoms with Crippen molar-refractivity contribution in [1.29, 1.82) is 0 Å². The van der Waals surface area contributed by atoms with Gasteiger partial charge in [-0.05, 0) is 43.8 Å². The van der Waals surface area contributed by atoms with Gasteiger partial charge in [0, 0.05) is 0 Å². The van der Waals surface area contributed by atoms with Crippen LogP contribution in [-0.2, 0) is 19.1 Å². The zero-order chi connectivity index (χ0) is 19.4. The van der Waals surface area contributed by atoms with Gasteiger partial charge in [-0.3, -0.25) is 4.79 Å². The maximum absolute atomic E-state index is 13.9. The van der Waals surface area contributed by atoms with E-state index < -0.39 is 53.1 Å². The van der Waals surface area contributed by atoms with Gasteiger partial charge in [0.2, 0.25) is 11.9 Å². The third-order valence-electron chi connectivity index (χ3n) is 4.06. The lowest BCUT2D eigenvalue weighted by atomic mass is 10.1. The second-order valence-corrected chi connectivity index (χ2v) is 6.77. The van der Waals surface area contributed by atoms with Gasteiger partial charge in [0.15, 0.2) is 0 Å². The number of carbonyl (C=O) groups is 2. The van der Waals surface area contributed by atoms with Crippen LogP contribution < -0.4 is 0 Å². The van der Waals surface area contributed by atoms with Crippen molar-refractivity contribution >= 4 is 11.9 Å². The second kappa shape index (κ2) is 8.28. The fourth-order valence-electron chi connectivity index (χ4n) is 2.60. The van der Waals surface area contributed by atoms with Gasteiger partial charge in [-0.25, -0.2) is 9.18 Å². The molecule has 0 amide bonds. The summed E-state index contributed by atoms with van der Waals surface area (Å²) in [6.07, 6.45) is 6.04. The Morgan fingerprint density at radius 2 is 1.88 bits per heavy atom. The first-order chi connectivity index (χ1) is 11.6. The Kier molecular flexibility index (Phi) is 6.92. The molecule has 138 valence electrons. The molecular formula is C19H24F2O4. The monoisotopic (exact) mass is 354 g/mol. The fourth-order valence-corrected chi connectivity index (χ4v) is 2.60. The van der Waals surface area contributed by atoms with E-state index in [4.69, 9.17) is 15.9 Å². The number of rotatable bonds is 7. The summed E-state index contributed by atoms with van der Waals surface area (Å²) in [5.74, 6) is -2.78. The molecule has 0 aromatic rings. The van der Waals surface area contributed by atoms with Gasteiger partial charge in [-0.15, -0.1) is 6.42 Å². The predicted molar refractivity (Wildman–Crippen MR) is 89.4 cm³/mol. The quantitative estimate of drug-likeness (QED) is 0.396. The molecule has 1 fully saturated rings. The Morgan fingerprint density at radius 3 is 2.36 bits per heavy atom. The van der Waals surface area contributed by atoms with Gasteiger partial charge in [-0.2, -0.15) is 4.39 Å². The molecule has 0 N–H and O–H groups in total. The van der Waals surface area contributed by atoms with Crippen molar-refractivity contribution in [3.8, 4) is 12.3 Å². The summed E-state index contributed by atoms with van der Waals surface area (Å²) >= 11 is 0. The van der Waals surface area contributed by atoms with Crippen LogP contribution in [0.15, 0.2) is 23.8 Å². The standard InChI is InChI=1S/C19H24F2O4/c1-7-9-13(20)15(8-2)25-18(23)16-12(19(16,5)6)10-14(21)17(22)24-11(3)4/h2,9-12,15-16H,7H2,1,3-6H3/b13-9-,14-10-. The minimum atomic E-state index is -1.40. The van der Waals surface area contributed by atoms with E-state index in [1.165, 1.54) is 6.08 Å². The molecule has 0 spiro atoms. The van der Waals surface area contributed by atoms with E-state index in [2.05, 4.69) is 5.92 Å². The fraction of sp³-hybridized carbons (Fsp3) is 0.579. The summed E-state index contributed by atoms with van der Waals surface area (Å²) in [6, 6.07) is 0. The maximum Gasteiger partial charge on any atom is 0.367 e. The summed E-state index contributed by atoms with van der Waals surface area (Å²) < 4.78 is 37.5. The molecule has 0 saturated heterocycles. The van der Waals surface area contributed by atoms with Crippen molar-refractivity contribution < 1.29 is 27.8 Å². The molecule has 3 unspecified atom stereocenters. The van der Waals surface area contributed by atoms with Crippen LogP contribution in [0.1, 0.15) is 41.0 Å². The smallest absolute Gasteiger partial charge is 0.367 e. The SMILES string of the molecule is C#CC(OC(=O)C1C(/C=C(\F)C(=O)OC(C)C)C1(C)C)/C(F)=C/CC. The molecule has 0 bridgehead atoms. The molecule has 0 aliphatic heterocycles. The Morgan fingerprint density at radius 1 is 1.28 bits per heavy atom. The Bertz CT molecular complexity index is 626. The number of esters is 2. The number of hydrogen-bond acceptors (Lipinski definition) is 4. The number of allylic oxidation sites excluding steroid dienone is 2. The summed E-state index contributed by atoms with van der Waals surface area (Å²) in [5.41, 5.74) is -0.628. The number of halogens is 2. The molecular weight excluding hydrogens is 330 g/mol. The Labute approximate surface area is 147 Å². The van der Waals surface area contributed by atoms with Crippen LogP contribution in [0.2, 0.25) is 0 Å². The normalized spacial score (nSPS) is 23.6. The molecule has 0 radical (unpaired) electrons. The van der Waals surface area contributed by atoms with Gasteiger partial charge in [0.05, 0.1) is 12.0 Å². The van der Waals surface area contributed by atoms with Crippen molar-refractivity contribution in [3.63, 3.8) is 0 Å². The Hall–Kier alpha value is -2.16. The van der Waals surface area contributed by atoms with Gasteiger partial charge in [0.25, 0.3) is 0 Å². The topological polar surface area (TPSA) is 52.6 Å². The summed E-state index contributed by atoms with van der Waals surface area (Å²) in [7, 11) is 0. The Balaban J connectivity index is 2.83. The van der Waals surface area contributed by atoms with E-state index in [9.17, 15) is 18.4 Å². The van der Waals surface area contributed by atoms with Crippen LogP contribution in [0.5, 0.6) is 0 Å². The zero-order valence-corrected chi connectivity index (χ0v) is 15.1. The highest BCUT2D eigenvalue weighted by atomic mass is 19.1. The molecule has 0 aromatic carbocycles. The van der Waals surface area contributed by atoms with E-state index in [0.717, 1.165) is 6.08 Å². The van der Waals surface area contributed by atoms with Gasteiger partial charge < -0.3 is 9.47 Å². The molecule has 1 aliphatic rings. The van der Waals surface area contributed by atoms with Crippen LogP contribution in [0.25, 0.3) is 0 Å². The van der Waals surface area contributed by atoms with E-state index in [1.54, 1.807) is 34.6 Å². The highest BCUT2D eigenvalue weighted by Crippen LogP contribution is 2.60. The van der Waals surface area contributed by atoms with Crippen molar-refractivity contribution in [2.24, 2.45) is 17.3 Å². The molecule has 1 rings (SSSR count). The summed E-state index contributed by atoms with van der Waals surface area (Å²) in [5, 5.41) is 0. The van der Waals surface area contributed by atoms with E-state index >= 15 is 0 Å². The number of carbonyl (C=O) groups excluding carboxylic acids is 2. The lowest BCUT2D eigenvalue weighted by Crippen LogP contribution is -2.20. The third-order valence-corrected chi connectivity index (χ3v) is 4.06. The summed E-state index contributed by atoms with van der Waals surface area (Å²) in [4.78, 5) is 23.8. The molecule has 4 nitrogen and oxygen atoms in total. The van der Waals surface area contributed by atoms with Crippen molar-refractivity contribution in [2.75, 3.05) is 0 Å². The molecule has 0 heterocycles. The number of ether oxygens (including phenoxy) is 2. The first-order valence-corrected chi connectivity index (χ1v) is 8.16. The first-order valence-electron chi connectivity index (χ1n) is 8.16. The minimum Gasteiger partial charge on any atom is -0.458 e. The number of terminal acetylenes is 1. The van der Waals surface area contributed by atoms with Gasteiger partial charge in [-0.1, -0.05) is 26.7 Å². The van der Waals surface area contributed by atoms with Gasteiger partial charge in [0.1, 0.15) is 5.83 Å². The van der Waals surface area contributed by atoms with E-state index in [1.807, 2.05) is 0 Å². The highest BCUT2D eigenvalue weighted by Gasteiger charge is 2.62. The third kappa shape index (κ3) is 5.15. The molecule has 1 aliphatic carbocycles. The minimum absolute atomic E-state index is 0.408. The lowest BCUT2D eigenvalue weighted by molar-refractivity contribution is -0.148. The summed E-state index contributed by atoms with van der Waals surface area (Å²) in [6.45, 7) is 8.38.